The molecule has 3 aromatic rings. The lowest BCUT2D eigenvalue weighted by Crippen LogP contribution is -2.07. The van der Waals surface area contributed by atoms with Gasteiger partial charge in [-0.25, -0.2) is 0 Å². The molecule has 4 rings (SSSR count). The van der Waals surface area contributed by atoms with Gasteiger partial charge < -0.3 is 9.73 Å². The summed E-state index contributed by atoms with van der Waals surface area (Å²) in [6.45, 7) is 4.10. The van der Waals surface area contributed by atoms with Gasteiger partial charge >= 0.3 is 0 Å². The van der Waals surface area contributed by atoms with Crippen molar-refractivity contribution >= 4 is 5.69 Å². The maximum absolute atomic E-state index is 5.85. The lowest BCUT2D eigenvalue weighted by molar-refractivity contribution is 0.485. The van der Waals surface area contributed by atoms with Crippen molar-refractivity contribution in [1.82, 2.24) is 10.2 Å². The minimum Gasteiger partial charge on any atom is -0.418 e. The molecule has 1 N–H and O–H groups in total. The van der Waals surface area contributed by atoms with Gasteiger partial charge in [-0.15, -0.1) is 10.2 Å². The summed E-state index contributed by atoms with van der Waals surface area (Å²) < 4.78 is 5.85. The molecule has 1 atom stereocenters. The number of nitrogens with zero attached hydrogens (tertiary/aromatic N) is 2. The Bertz CT molecular complexity index is 852. The minimum absolute atomic E-state index is 0.0313. The van der Waals surface area contributed by atoms with Crippen LogP contribution in [0.15, 0.2) is 46.9 Å². The molecule has 1 heterocycles. The largest absolute Gasteiger partial charge is 0.418 e. The van der Waals surface area contributed by atoms with Crippen molar-refractivity contribution in [3.05, 3.63) is 65.0 Å². The molecule has 0 radical (unpaired) electrons. The zero-order valence-electron chi connectivity index (χ0n) is 14.0. The van der Waals surface area contributed by atoms with Crippen LogP contribution in [0.4, 0.5) is 5.69 Å². The summed E-state index contributed by atoms with van der Waals surface area (Å²) in [5.41, 5.74) is 6.21. The molecule has 1 aliphatic rings. The maximum Gasteiger partial charge on any atom is 0.247 e. The highest BCUT2D eigenvalue weighted by Crippen LogP contribution is 2.27. The average molecular weight is 319 g/mol. The third kappa shape index (κ3) is 2.92. The Morgan fingerprint density at radius 2 is 1.79 bits per heavy atom. The Balaban J connectivity index is 1.50. The fourth-order valence-corrected chi connectivity index (χ4v) is 3.20. The van der Waals surface area contributed by atoms with Crippen LogP contribution >= 0.6 is 0 Å². The van der Waals surface area contributed by atoms with Gasteiger partial charge in [-0.2, -0.15) is 0 Å². The van der Waals surface area contributed by atoms with Crippen LogP contribution in [0.5, 0.6) is 0 Å². The molecule has 0 aliphatic heterocycles. The number of nitrogens with one attached hydrogen (secondary N) is 1. The Hall–Kier alpha value is -2.62. The lowest BCUT2D eigenvalue weighted by Gasteiger charge is -2.12. The Morgan fingerprint density at radius 3 is 2.62 bits per heavy atom. The standard InChI is InChI=1S/C20H21N3O/c1-13-6-8-16(9-7-13)20-23-22-19(24-20)14(2)21-18-11-10-15-4-3-5-17(15)12-18/h6-12,14,21H,3-5H2,1-2H3. The molecule has 0 spiro atoms. The number of anilines is 1. The molecule has 0 amide bonds. The van der Waals surface area contributed by atoms with Crippen molar-refractivity contribution in [3.63, 3.8) is 0 Å². The number of hydrogen-bond donors (Lipinski definition) is 1. The third-order valence-corrected chi connectivity index (χ3v) is 4.59. The van der Waals surface area contributed by atoms with E-state index in [4.69, 9.17) is 4.42 Å². The smallest absolute Gasteiger partial charge is 0.247 e. The fourth-order valence-electron chi connectivity index (χ4n) is 3.20. The van der Waals surface area contributed by atoms with Crippen molar-refractivity contribution in [2.75, 3.05) is 5.32 Å². The number of hydrogen-bond acceptors (Lipinski definition) is 4. The van der Waals surface area contributed by atoms with Gasteiger partial charge in [-0.1, -0.05) is 23.8 Å². The molecule has 1 aromatic heterocycles. The van der Waals surface area contributed by atoms with E-state index in [1.807, 2.05) is 31.2 Å². The zero-order valence-corrected chi connectivity index (χ0v) is 14.0. The van der Waals surface area contributed by atoms with Crippen molar-refractivity contribution in [2.24, 2.45) is 0 Å². The van der Waals surface area contributed by atoms with Crippen LogP contribution in [0, 0.1) is 6.92 Å². The lowest BCUT2D eigenvalue weighted by atomic mass is 10.1. The van der Waals surface area contributed by atoms with Crippen molar-refractivity contribution in [2.45, 2.75) is 39.2 Å². The molecule has 4 nitrogen and oxygen atoms in total. The minimum atomic E-state index is -0.0313. The van der Waals surface area contributed by atoms with E-state index < -0.39 is 0 Å². The predicted octanol–water partition coefficient (Wildman–Crippen LogP) is 4.71. The molecule has 0 fully saturated rings. The van der Waals surface area contributed by atoms with E-state index >= 15 is 0 Å². The van der Waals surface area contributed by atoms with Gasteiger partial charge in [0, 0.05) is 11.3 Å². The number of benzene rings is 2. The van der Waals surface area contributed by atoms with Gasteiger partial charge in [0.2, 0.25) is 11.8 Å². The number of rotatable bonds is 4. The number of fused-ring (bicyclic) bond motifs is 1. The first-order valence-electron chi connectivity index (χ1n) is 8.48. The summed E-state index contributed by atoms with van der Waals surface area (Å²) in [4.78, 5) is 0. The first-order valence-corrected chi connectivity index (χ1v) is 8.48. The monoisotopic (exact) mass is 319 g/mol. The summed E-state index contributed by atoms with van der Waals surface area (Å²) in [6, 6.07) is 14.7. The normalized spacial score (nSPS) is 14.4. The number of aryl methyl sites for hydroxylation is 3. The SMILES string of the molecule is Cc1ccc(-c2nnc(C(C)Nc3ccc4c(c3)CCC4)o2)cc1. The van der Waals surface area contributed by atoms with Gasteiger partial charge in [0.1, 0.15) is 6.04 Å². The summed E-state index contributed by atoms with van der Waals surface area (Å²) in [5, 5.41) is 11.8. The summed E-state index contributed by atoms with van der Waals surface area (Å²) in [6.07, 6.45) is 3.64. The Morgan fingerprint density at radius 1 is 1.00 bits per heavy atom. The van der Waals surface area contributed by atoms with Crippen molar-refractivity contribution in [1.29, 1.82) is 0 Å². The van der Waals surface area contributed by atoms with E-state index in [1.165, 1.54) is 36.0 Å². The average Bonchev–Trinajstić information content (AvgIpc) is 3.24. The highest BCUT2D eigenvalue weighted by Gasteiger charge is 2.16. The molecule has 122 valence electrons. The molecule has 0 saturated carbocycles. The third-order valence-electron chi connectivity index (χ3n) is 4.59. The molecular weight excluding hydrogens is 298 g/mol. The second kappa shape index (κ2) is 6.11. The van der Waals surface area contributed by atoms with Gasteiger partial charge in [0.05, 0.1) is 0 Å². The van der Waals surface area contributed by atoms with Gasteiger partial charge in [0.25, 0.3) is 0 Å². The van der Waals surface area contributed by atoms with E-state index in [2.05, 4.69) is 40.6 Å². The highest BCUT2D eigenvalue weighted by molar-refractivity contribution is 5.53. The van der Waals surface area contributed by atoms with E-state index in [-0.39, 0.29) is 6.04 Å². The highest BCUT2D eigenvalue weighted by atomic mass is 16.4. The van der Waals surface area contributed by atoms with E-state index in [1.54, 1.807) is 0 Å². The van der Waals surface area contributed by atoms with Crippen molar-refractivity contribution in [3.8, 4) is 11.5 Å². The van der Waals surface area contributed by atoms with Gasteiger partial charge in [0.15, 0.2) is 0 Å². The van der Waals surface area contributed by atoms with E-state index in [9.17, 15) is 0 Å². The summed E-state index contributed by atoms with van der Waals surface area (Å²) >= 11 is 0. The first-order chi connectivity index (χ1) is 11.7. The second-order valence-corrected chi connectivity index (χ2v) is 6.51. The molecule has 1 unspecified atom stereocenters. The first kappa shape index (κ1) is 14.9. The van der Waals surface area contributed by atoms with Crippen molar-refractivity contribution < 1.29 is 4.42 Å². The van der Waals surface area contributed by atoms with Gasteiger partial charge in [-0.05, 0) is 68.5 Å². The van der Waals surface area contributed by atoms with Crippen LogP contribution in [-0.2, 0) is 12.8 Å². The molecule has 0 bridgehead atoms. The quantitative estimate of drug-likeness (QED) is 0.757. The zero-order chi connectivity index (χ0) is 16.5. The topological polar surface area (TPSA) is 51.0 Å². The second-order valence-electron chi connectivity index (χ2n) is 6.51. The van der Waals surface area contributed by atoms with Crippen LogP contribution in [0.1, 0.15) is 42.0 Å². The number of aromatic nitrogens is 2. The fraction of sp³-hybridized carbons (Fsp3) is 0.300. The maximum atomic E-state index is 5.85. The molecule has 2 aromatic carbocycles. The van der Waals surface area contributed by atoms with Crippen LogP contribution < -0.4 is 5.32 Å². The summed E-state index contributed by atoms with van der Waals surface area (Å²) in [7, 11) is 0. The predicted molar refractivity (Wildman–Crippen MR) is 95.0 cm³/mol. The van der Waals surface area contributed by atoms with Crippen LogP contribution in [-0.4, -0.2) is 10.2 Å². The molecule has 4 heteroatoms. The van der Waals surface area contributed by atoms with Gasteiger partial charge in [-0.3, -0.25) is 0 Å². The van der Waals surface area contributed by atoms with Crippen LogP contribution in [0.25, 0.3) is 11.5 Å². The van der Waals surface area contributed by atoms with Crippen LogP contribution in [0.3, 0.4) is 0 Å². The van der Waals surface area contributed by atoms with Crippen LogP contribution in [0.2, 0.25) is 0 Å². The molecule has 24 heavy (non-hydrogen) atoms. The molecule has 1 aliphatic carbocycles. The Kier molecular flexibility index (Phi) is 3.81. The Labute approximate surface area is 141 Å². The van der Waals surface area contributed by atoms with E-state index in [0.29, 0.717) is 11.8 Å². The summed E-state index contributed by atoms with van der Waals surface area (Å²) in [5.74, 6) is 1.17. The molecular formula is C20H21N3O. The van der Waals surface area contributed by atoms with E-state index in [0.717, 1.165) is 11.3 Å². The molecule has 0 saturated heterocycles.